The Balaban J connectivity index is 0.000000532. The van der Waals surface area contributed by atoms with Crippen molar-refractivity contribution in [1.29, 1.82) is 0 Å². The van der Waals surface area contributed by atoms with Gasteiger partial charge in [0.05, 0.1) is 0 Å². The first-order valence-electron chi connectivity index (χ1n) is 13.7. The molecule has 1 saturated carbocycles. The number of nitrogens with zero attached hydrogens (tertiary/aromatic N) is 2. The van der Waals surface area contributed by atoms with E-state index >= 15 is 0 Å². The first-order valence-corrected chi connectivity index (χ1v) is 13.7. The van der Waals surface area contributed by atoms with Crippen molar-refractivity contribution in [3.05, 3.63) is 35.4 Å². The number of primary amides is 1. The Labute approximate surface area is 227 Å². The summed E-state index contributed by atoms with van der Waals surface area (Å²) >= 11 is 0. The van der Waals surface area contributed by atoms with Crippen LogP contribution in [0.15, 0.2) is 24.3 Å². The maximum atomic E-state index is 12.7. The normalized spacial score (nSPS) is 23.5. The number of rotatable bonds is 9. The van der Waals surface area contributed by atoms with Crippen LogP contribution in [0.3, 0.4) is 0 Å². The molecule has 3 N–H and O–H groups in total. The molecular weight excluding hydrogens is 515 g/mol. The van der Waals surface area contributed by atoms with Crippen molar-refractivity contribution in [2.45, 2.75) is 82.0 Å². The molecule has 39 heavy (non-hydrogen) atoms. The average Bonchev–Trinajstić information content (AvgIpc) is 3.13. The van der Waals surface area contributed by atoms with Crippen LogP contribution in [0.4, 0.5) is 13.2 Å². The zero-order valence-electron chi connectivity index (χ0n) is 22.5. The van der Waals surface area contributed by atoms with Gasteiger partial charge in [0.2, 0.25) is 11.8 Å². The highest BCUT2D eigenvalue weighted by molar-refractivity contribution is 5.92. The van der Waals surface area contributed by atoms with Crippen molar-refractivity contribution >= 4 is 17.8 Å². The van der Waals surface area contributed by atoms with Crippen LogP contribution in [0.2, 0.25) is 0 Å². The number of nitrogens with two attached hydrogens (primary N) is 1. The second-order valence-electron chi connectivity index (χ2n) is 10.9. The molecule has 0 aromatic heterocycles. The molecule has 2 heterocycles. The first-order chi connectivity index (χ1) is 18.5. The number of benzene rings is 1. The van der Waals surface area contributed by atoms with E-state index in [9.17, 15) is 22.8 Å². The Morgan fingerprint density at radius 1 is 1.08 bits per heavy atom. The van der Waals surface area contributed by atoms with Crippen molar-refractivity contribution in [3.63, 3.8) is 0 Å². The predicted molar refractivity (Wildman–Crippen MR) is 139 cm³/mol. The molecule has 2 saturated heterocycles. The summed E-state index contributed by atoms with van der Waals surface area (Å²) in [4.78, 5) is 38.0. The summed E-state index contributed by atoms with van der Waals surface area (Å²) in [5, 5.41) is 7.12. The molecule has 11 heteroatoms. The maximum absolute atomic E-state index is 12.7. The minimum Gasteiger partial charge on any atom is -0.475 e. The molecule has 1 unspecified atom stereocenters. The smallest absolute Gasteiger partial charge is 0.475 e. The van der Waals surface area contributed by atoms with E-state index in [1.807, 2.05) is 12.1 Å². The van der Waals surface area contributed by atoms with Gasteiger partial charge in [-0.15, -0.1) is 0 Å². The number of carbonyl (C=O) groups is 3. The number of alkyl halides is 3. The predicted octanol–water partition coefficient (Wildman–Crippen LogP) is 4.18. The van der Waals surface area contributed by atoms with Crippen molar-refractivity contribution in [2.75, 3.05) is 33.4 Å². The molecule has 8 nitrogen and oxygen atoms in total. The van der Waals surface area contributed by atoms with E-state index in [1.165, 1.54) is 50.5 Å². The number of hydrogen-bond donors (Lipinski definition) is 2. The van der Waals surface area contributed by atoms with Gasteiger partial charge in [-0.2, -0.15) is 13.2 Å². The Morgan fingerprint density at radius 3 is 2.23 bits per heavy atom. The van der Waals surface area contributed by atoms with Gasteiger partial charge in [0.1, 0.15) is 6.61 Å². The topological polar surface area (TPSA) is 113 Å². The number of aliphatic carboxylic acids is 1. The highest BCUT2D eigenvalue weighted by Crippen LogP contribution is 2.43. The number of piperidine rings is 1. The first kappa shape index (κ1) is 30.9. The number of hydrogen-bond acceptors (Lipinski definition) is 5. The Hall–Kier alpha value is -2.66. The molecule has 1 aliphatic carbocycles. The van der Waals surface area contributed by atoms with E-state index in [-0.39, 0.29) is 18.4 Å². The number of carboxylic acid groups (broad SMARTS) is 1. The van der Waals surface area contributed by atoms with Gasteiger partial charge < -0.3 is 20.5 Å². The van der Waals surface area contributed by atoms with Gasteiger partial charge >= 0.3 is 12.1 Å². The van der Waals surface area contributed by atoms with E-state index in [2.05, 4.69) is 15.9 Å². The second kappa shape index (κ2) is 14.1. The third-order valence-electron chi connectivity index (χ3n) is 8.22. The largest absolute Gasteiger partial charge is 0.490 e. The zero-order valence-corrected chi connectivity index (χ0v) is 22.5. The fourth-order valence-electron chi connectivity index (χ4n) is 6.31. The highest BCUT2D eigenvalue weighted by Gasteiger charge is 2.41. The summed E-state index contributed by atoms with van der Waals surface area (Å²) in [6.45, 7) is 2.81. The molecule has 1 aromatic rings. The fourth-order valence-corrected chi connectivity index (χ4v) is 6.31. The van der Waals surface area contributed by atoms with Crippen LogP contribution in [-0.4, -0.2) is 84.3 Å². The summed E-state index contributed by atoms with van der Waals surface area (Å²) in [7, 11) is 1.61. The average molecular weight is 556 g/mol. The van der Waals surface area contributed by atoms with Crippen LogP contribution in [0.1, 0.15) is 79.6 Å². The van der Waals surface area contributed by atoms with Gasteiger partial charge in [0.25, 0.3) is 0 Å². The summed E-state index contributed by atoms with van der Waals surface area (Å²) in [5.74, 6) is -1.86. The molecular formula is C28H40F3N3O5. The number of carboxylic acids is 1. The lowest BCUT2D eigenvalue weighted by Crippen LogP contribution is -2.48. The standard InChI is InChI=1S/C26H39N3O3.C2HF3O2/c1-32-18-25(30)28(17-19-6-3-2-4-7-19)12-13-29-23-10-11-24(29)16-22(15-23)20-8-5-9-21(14-20)26(27)31;3-2(4,5)1(6)7/h5,8-9,14,19,22-24H,2-4,6-7,10-13,15-18H2,1H3,(H2,27,31);(H,6,7)/t22?,23-,24+;. The zero-order chi connectivity index (χ0) is 28.6. The molecule has 2 bridgehead atoms. The van der Waals surface area contributed by atoms with Crippen molar-refractivity contribution < 1.29 is 37.4 Å². The number of fused-ring (bicyclic) bond motifs is 2. The van der Waals surface area contributed by atoms with E-state index < -0.39 is 12.1 Å². The van der Waals surface area contributed by atoms with E-state index in [1.54, 1.807) is 13.2 Å². The van der Waals surface area contributed by atoms with E-state index in [0.717, 1.165) is 32.5 Å². The monoisotopic (exact) mass is 555 g/mol. The summed E-state index contributed by atoms with van der Waals surface area (Å²) in [6, 6.07) is 9.00. The lowest BCUT2D eigenvalue weighted by Gasteiger charge is -2.40. The summed E-state index contributed by atoms with van der Waals surface area (Å²) in [5.41, 5.74) is 7.34. The number of carbonyl (C=O) groups excluding carboxylic acids is 2. The van der Waals surface area contributed by atoms with Crippen LogP contribution in [-0.2, 0) is 14.3 Å². The summed E-state index contributed by atoms with van der Waals surface area (Å²) < 4.78 is 36.9. The van der Waals surface area contributed by atoms with Crippen molar-refractivity contribution in [1.82, 2.24) is 9.80 Å². The molecule has 3 fully saturated rings. The van der Waals surface area contributed by atoms with Crippen LogP contribution in [0, 0.1) is 5.92 Å². The molecule has 3 aliphatic rings. The fraction of sp³-hybridized carbons (Fsp3) is 0.679. The van der Waals surface area contributed by atoms with Gasteiger partial charge in [-0.05, 0) is 68.1 Å². The van der Waals surface area contributed by atoms with Crippen molar-refractivity contribution in [3.8, 4) is 0 Å². The van der Waals surface area contributed by atoms with Gasteiger partial charge in [-0.3, -0.25) is 14.5 Å². The molecule has 4 rings (SSSR count). The maximum Gasteiger partial charge on any atom is 0.490 e. The lowest BCUT2D eigenvalue weighted by molar-refractivity contribution is -0.192. The van der Waals surface area contributed by atoms with Crippen LogP contribution >= 0.6 is 0 Å². The van der Waals surface area contributed by atoms with Gasteiger partial charge in [0.15, 0.2) is 0 Å². The van der Waals surface area contributed by atoms with Gasteiger partial charge in [-0.1, -0.05) is 31.4 Å². The van der Waals surface area contributed by atoms with Crippen LogP contribution < -0.4 is 5.73 Å². The molecule has 218 valence electrons. The minimum absolute atomic E-state index is 0.128. The minimum atomic E-state index is -5.08. The number of ether oxygens (including phenoxy) is 1. The highest BCUT2D eigenvalue weighted by atomic mass is 19.4. The third kappa shape index (κ3) is 8.93. The van der Waals surface area contributed by atoms with E-state index in [4.69, 9.17) is 20.4 Å². The molecule has 0 spiro atoms. The second-order valence-corrected chi connectivity index (χ2v) is 10.9. The van der Waals surface area contributed by atoms with Gasteiger partial charge in [-0.25, -0.2) is 4.79 Å². The number of amides is 2. The van der Waals surface area contributed by atoms with Crippen molar-refractivity contribution in [2.24, 2.45) is 11.7 Å². The van der Waals surface area contributed by atoms with Crippen LogP contribution in [0.25, 0.3) is 0 Å². The molecule has 2 amide bonds. The summed E-state index contributed by atoms with van der Waals surface area (Å²) in [6.07, 6.45) is 6.03. The molecule has 3 atom stereocenters. The van der Waals surface area contributed by atoms with Gasteiger partial charge in [0, 0.05) is 44.4 Å². The Kier molecular flexibility index (Phi) is 11.2. The van der Waals surface area contributed by atoms with Crippen LogP contribution in [0.5, 0.6) is 0 Å². The number of methoxy groups -OCH3 is 1. The van der Waals surface area contributed by atoms with E-state index in [0.29, 0.717) is 29.5 Å². The number of halogens is 3. The Morgan fingerprint density at radius 2 is 1.69 bits per heavy atom. The molecule has 0 radical (unpaired) electrons. The lowest BCUT2D eigenvalue weighted by atomic mass is 9.84. The molecule has 2 aliphatic heterocycles. The Bertz CT molecular complexity index is 969. The molecule has 1 aromatic carbocycles. The SMILES string of the molecule is COCC(=O)N(CCN1[C@@H]2CC[C@H]1CC(c1cccc(C(N)=O)c1)C2)CC1CCCCC1.O=C(O)C(F)(F)F. The quantitative estimate of drug-likeness (QED) is 0.473. The third-order valence-corrected chi connectivity index (χ3v) is 8.22.